The van der Waals surface area contributed by atoms with E-state index in [1.54, 1.807) is 13.2 Å². The maximum Gasteiger partial charge on any atom is 0.359 e. The molecule has 0 radical (unpaired) electrons. The molecule has 1 heterocycles. The fraction of sp³-hybridized carbons (Fsp3) is 0.0833. The number of aromatic nitrogens is 1. The lowest BCUT2D eigenvalue weighted by atomic mass is 10.1. The maximum absolute atomic E-state index is 13.2. The summed E-state index contributed by atoms with van der Waals surface area (Å²) in [6.07, 6.45) is 1.72. The molecular weight excluding hydrogens is 177 g/mol. The zero-order valence-corrected chi connectivity index (χ0v) is 7.94. The van der Waals surface area contributed by atoms with Gasteiger partial charge < -0.3 is 0 Å². The van der Waals surface area contributed by atoms with E-state index < -0.39 is 0 Å². The molecule has 1 aromatic heterocycles. The number of hydrogen-bond donors (Lipinski definition) is 0. The fourth-order valence-corrected chi connectivity index (χ4v) is 1.35. The third-order valence-corrected chi connectivity index (χ3v) is 2.20. The summed E-state index contributed by atoms with van der Waals surface area (Å²) in [6, 6.07) is 13.2. The summed E-state index contributed by atoms with van der Waals surface area (Å²) in [7, 11) is 1.68. The minimum absolute atomic E-state index is 0.230. The first-order valence-corrected chi connectivity index (χ1v) is 4.48. The van der Waals surface area contributed by atoms with Crippen molar-refractivity contribution in [2.75, 3.05) is 0 Å². The van der Waals surface area contributed by atoms with E-state index in [0.29, 0.717) is 0 Å². The minimum atomic E-state index is -0.230. The maximum atomic E-state index is 13.2. The van der Waals surface area contributed by atoms with Crippen LogP contribution in [0.4, 0.5) is 4.39 Å². The molecule has 1 aromatic carbocycles. The van der Waals surface area contributed by atoms with Gasteiger partial charge in [-0.05, 0) is 11.1 Å². The first-order chi connectivity index (χ1) is 6.77. The zero-order chi connectivity index (χ0) is 9.97. The van der Waals surface area contributed by atoms with Crippen LogP contribution in [-0.2, 0) is 7.05 Å². The SMILES string of the molecule is C[n+]1ccc(-c2ccccc2)cc1F. The number of halogens is 1. The second kappa shape index (κ2) is 3.58. The van der Waals surface area contributed by atoms with Crippen molar-refractivity contribution in [3.63, 3.8) is 0 Å². The first kappa shape index (κ1) is 8.88. The van der Waals surface area contributed by atoms with Gasteiger partial charge in [0.25, 0.3) is 0 Å². The highest BCUT2D eigenvalue weighted by molar-refractivity contribution is 5.61. The Kier molecular flexibility index (Phi) is 2.27. The number of nitrogens with zero attached hydrogens (tertiary/aromatic N) is 1. The Hall–Kier alpha value is -1.70. The molecule has 0 N–H and O–H groups in total. The van der Waals surface area contributed by atoms with Crippen molar-refractivity contribution in [2.45, 2.75) is 0 Å². The summed E-state index contributed by atoms with van der Waals surface area (Å²) in [5.74, 6) is -0.230. The van der Waals surface area contributed by atoms with Crippen molar-refractivity contribution in [2.24, 2.45) is 7.05 Å². The number of pyridine rings is 1. The molecule has 14 heavy (non-hydrogen) atoms. The summed E-state index contributed by atoms with van der Waals surface area (Å²) in [6.45, 7) is 0. The van der Waals surface area contributed by atoms with Crippen molar-refractivity contribution in [3.8, 4) is 11.1 Å². The van der Waals surface area contributed by atoms with Gasteiger partial charge in [-0.25, -0.2) is 0 Å². The standard InChI is InChI=1S/C12H11FN/c1-14-8-7-11(9-12(14)13)10-5-3-2-4-6-10/h2-9H,1H3/q+1. The van der Waals surface area contributed by atoms with Crippen LogP contribution in [-0.4, -0.2) is 0 Å². The van der Waals surface area contributed by atoms with Crippen LogP contribution >= 0.6 is 0 Å². The molecule has 0 atom stereocenters. The topological polar surface area (TPSA) is 3.88 Å². The summed E-state index contributed by atoms with van der Waals surface area (Å²) < 4.78 is 14.7. The van der Waals surface area contributed by atoms with E-state index in [9.17, 15) is 4.39 Å². The average Bonchev–Trinajstić information content (AvgIpc) is 2.23. The van der Waals surface area contributed by atoms with Gasteiger partial charge in [-0.2, -0.15) is 4.57 Å². The van der Waals surface area contributed by atoms with E-state index >= 15 is 0 Å². The van der Waals surface area contributed by atoms with E-state index in [1.165, 1.54) is 10.6 Å². The smallest absolute Gasteiger partial charge is 0.176 e. The number of hydrogen-bond acceptors (Lipinski definition) is 0. The first-order valence-electron chi connectivity index (χ1n) is 4.48. The lowest BCUT2D eigenvalue weighted by Crippen LogP contribution is -2.31. The molecule has 0 bridgehead atoms. The van der Waals surface area contributed by atoms with E-state index in [-0.39, 0.29) is 5.95 Å². The molecule has 1 nitrogen and oxygen atoms in total. The summed E-state index contributed by atoms with van der Waals surface area (Å²) >= 11 is 0. The van der Waals surface area contributed by atoms with Crippen molar-refractivity contribution in [1.82, 2.24) is 0 Å². The lowest BCUT2D eigenvalue weighted by Gasteiger charge is -1.99. The third kappa shape index (κ3) is 1.64. The molecule has 0 saturated carbocycles. The van der Waals surface area contributed by atoms with Gasteiger partial charge in [-0.15, -0.1) is 4.39 Å². The van der Waals surface area contributed by atoms with Crippen LogP contribution in [0.5, 0.6) is 0 Å². The highest BCUT2D eigenvalue weighted by atomic mass is 19.1. The molecule has 2 rings (SSSR count). The molecule has 0 saturated heterocycles. The largest absolute Gasteiger partial charge is 0.359 e. The molecule has 0 unspecified atom stereocenters. The molecule has 0 fully saturated rings. The molecule has 2 heteroatoms. The Morgan fingerprint density at radius 3 is 2.36 bits per heavy atom. The molecular formula is C12H11FN+. The lowest BCUT2D eigenvalue weighted by molar-refractivity contribution is -0.700. The van der Waals surface area contributed by atoms with E-state index in [2.05, 4.69) is 0 Å². The van der Waals surface area contributed by atoms with Crippen LogP contribution in [0, 0.1) is 5.95 Å². The molecule has 0 aliphatic carbocycles. The molecule has 70 valence electrons. The zero-order valence-electron chi connectivity index (χ0n) is 7.94. The van der Waals surface area contributed by atoms with Crippen LogP contribution in [0.1, 0.15) is 0 Å². The Labute approximate surface area is 82.4 Å². The van der Waals surface area contributed by atoms with Crippen LogP contribution in [0.25, 0.3) is 11.1 Å². The molecule has 0 amide bonds. The highest BCUT2D eigenvalue weighted by Gasteiger charge is 2.06. The van der Waals surface area contributed by atoms with E-state index in [4.69, 9.17) is 0 Å². The second-order valence-electron chi connectivity index (χ2n) is 3.22. The van der Waals surface area contributed by atoms with Gasteiger partial charge in [0.2, 0.25) is 0 Å². The van der Waals surface area contributed by atoms with Crippen molar-refractivity contribution in [3.05, 3.63) is 54.6 Å². The Balaban J connectivity index is 2.48. The Bertz CT molecular complexity index is 437. The van der Waals surface area contributed by atoms with Gasteiger partial charge in [-0.3, -0.25) is 0 Å². The van der Waals surface area contributed by atoms with Crippen LogP contribution in [0.3, 0.4) is 0 Å². The normalized spacial score (nSPS) is 10.1. The predicted molar refractivity (Wildman–Crippen MR) is 53.0 cm³/mol. The van der Waals surface area contributed by atoms with Gasteiger partial charge in [0.05, 0.1) is 0 Å². The van der Waals surface area contributed by atoms with Crippen LogP contribution < -0.4 is 4.57 Å². The monoisotopic (exact) mass is 188 g/mol. The molecule has 0 spiro atoms. The fourth-order valence-electron chi connectivity index (χ4n) is 1.35. The summed E-state index contributed by atoms with van der Waals surface area (Å²) in [5.41, 5.74) is 1.94. The Morgan fingerprint density at radius 1 is 1.00 bits per heavy atom. The second-order valence-corrected chi connectivity index (χ2v) is 3.22. The van der Waals surface area contributed by atoms with E-state index in [0.717, 1.165) is 11.1 Å². The molecule has 2 aromatic rings. The van der Waals surface area contributed by atoms with E-state index in [1.807, 2.05) is 36.4 Å². The van der Waals surface area contributed by atoms with Gasteiger partial charge in [0, 0.05) is 12.1 Å². The van der Waals surface area contributed by atoms with Gasteiger partial charge >= 0.3 is 5.95 Å². The Morgan fingerprint density at radius 2 is 1.71 bits per heavy atom. The number of benzene rings is 1. The third-order valence-electron chi connectivity index (χ3n) is 2.20. The van der Waals surface area contributed by atoms with Crippen molar-refractivity contribution >= 4 is 0 Å². The van der Waals surface area contributed by atoms with Crippen molar-refractivity contribution < 1.29 is 8.96 Å². The van der Waals surface area contributed by atoms with Gasteiger partial charge in [-0.1, -0.05) is 30.3 Å². The van der Waals surface area contributed by atoms with Crippen molar-refractivity contribution in [1.29, 1.82) is 0 Å². The average molecular weight is 188 g/mol. The summed E-state index contributed by atoms with van der Waals surface area (Å²) in [4.78, 5) is 0. The molecule has 0 aliphatic rings. The number of rotatable bonds is 1. The van der Waals surface area contributed by atoms with Crippen LogP contribution in [0.2, 0.25) is 0 Å². The van der Waals surface area contributed by atoms with Gasteiger partial charge in [0.1, 0.15) is 7.05 Å². The highest BCUT2D eigenvalue weighted by Crippen LogP contribution is 2.17. The minimum Gasteiger partial charge on any atom is -0.176 e. The van der Waals surface area contributed by atoms with Crippen LogP contribution in [0.15, 0.2) is 48.7 Å². The molecule has 0 aliphatic heterocycles. The quantitative estimate of drug-likeness (QED) is 0.477. The number of aryl methyl sites for hydroxylation is 1. The van der Waals surface area contributed by atoms with Gasteiger partial charge in [0.15, 0.2) is 6.20 Å². The summed E-state index contributed by atoms with van der Waals surface area (Å²) in [5, 5.41) is 0. The predicted octanol–water partition coefficient (Wildman–Crippen LogP) is 2.32.